The molecule has 1 amide bonds. The number of nitrogens with zero attached hydrogens (tertiary/aromatic N) is 5. The first-order valence-corrected chi connectivity index (χ1v) is 12.7. The van der Waals surface area contributed by atoms with Crippen LogP contribution in [0.15, 0.2) is 58.3 Å². The molecule has 0 saturated carbocycles. The lowest BCUT2D eigenvalue weighted by molar-refractivity contribution is -0.818. The molecule has 5 rings (SSSR count). The van der Waals surface area contributed by atoms with Gasteiger partial charge in [0.1, 0.15) is 16.7 Å². The van der Waals surface area contributed by atoms with Gasteiger partial charge >= 0.3 is 0 Å². The van der Waals surface area contributed by atoms with E-state index in [9.17, 15) is 9.70 Å². The lowest BCUT2D eigenvalue weighted by Crippen LogP contribution is -2.56. The minimum atomic E-state index is -0.630. The van der Waals surface area contributed by atoms with Crippen LogP contribution in [0.2, 0.25) is 0 Å². The van der Waals surface area contributed by atoms with Crippen LogP contribution in [0.4, 0.5) is 5.69 Å². The van der Waals surface area contributed by atoms with E-state index >= 15 is 0 Å². The summed E-state index contributed by atoms with van der Waals surface area (Å²) in [4.78, 5) is 33.5. The topological polar surface area (TPSA) is 102 Å². The fourth-order valence-electron chi connectivity index (χ4n) is 4.82. The van der Waals surface area contributed by atoms with Crippen molar-refractivity contribution in [2.75, 3.05) is 25.5 Å². The van der Waals surface area contributed by atoms with Gasteiger partial charge in [0.2, 0.25) is 10.1 Å². The zero-order valence-corrected chi connectivity index (χ0v) is 20.9. The second kappa shape index (κ2) is 9.46. The first-order chi connectivity index (χ1) is 16.9. The predicted molar refractivity (Wildman–Crippen MR) is 137 cm³/mol. The maximum absolute atomic E-state index is 13.0. The highest BCUT2D eigenvalue weighted by Gasteiger charge is 2.50. The van der Waals surface area contributed by atoms with Crippen molar-refractivity contribution in [2.24, 2.45) is 10.2 Å². The second-order valence-corrected chi connectivity index (χ2v) is 10.1. The van der Waals surface area contributed by atoms with Crippen molar-refractivity contribution in [2.45, 2.75) is 50.9 Å². The monoisotopic (exact) mass is 496 g/mol. The van der Waals surface area contributed by atoms with Gasteiger partial charge < -0.3 is 5.32 Å². The van der Waals surface area contributed by atoms with Crippen LogP contribution in [-0.2, 0) is 9.63 Å². The van der Waals surface area contributed by atoms with Crippen LogP contribution in [0.25, 0.3) is 0 Å². The molecule has 4 aliphatic rings. The summed E-state index contributed by atoms with van der Waals surface area (Å²) in [6, 6.07) is 6.94. The number of anilines is 1. The summed E-state index contributed by atoms with van der Waals surface area (Å²) >= 11 is 1.52. The van der Waals surface area contributed by atoms with Gasteiger partial charge in [-0.2, -0.15) is 10.2 Å². The van der Waals surface area contributed by atoms with Crippen LogP contribution in [-0.4, -0.2) is 68.9 Å². The Kier molecular flexibility index (Phi) is 6.37. The first-order valence-electron chi connectivity index (χ1n) is 11.9. The number of amidine groups is 1. The average Bonchev–Trinajstić information content (AvgIpc) is 3.62. The Hall–Kier alpha value is -3.18. The molecular formula is C24H30N7O3S+. The number of hydrazone groups is 2. The molecule has 0 aromatic heterocycles. The Labute approximate surface area is 208 Å². The standard InChI is InChI=1S/C24H29N7O3S/c1-4-20-26-27-23-30(20)28-22(35-23)16-7-9-18(10-8-16)25-21(32)17-11-12-24(2,29-13-5-6-14-29)19(15-17)31(33)34-3/h7-12,15,19-20,26H,4-6,13-14H2,1-3H3/p+1. The molecule has 0 radical (unpaired) electrons. The minimum absolute atomic E-state index is 0.0877. The molecular weight excluding hydrogens is 466 g/mol. The number of carbonyl (C=O) groups excluding carboxylic acids is 1. The van der Waals surface area contributed by atoms with Crippen molar-refractivity contribution in [1.82, 2.24) is 15.3 Å². The summed E-state index contributed by atoms with van der Waals surface area (Å²) < 4.78 is 0. The number of fused-ring (bicyclic) bond motifs is 1. The molecule has 35 heavy (non-hydrogen) atoms. The van der Waals surface area contributed by atoms with Gasteiger partial charge in [0.15, 0.2) is 7.11 Å². The molecule has 0 spiro atoms. The third-order valence-corrected chi connectivity index (χ3v) is 7.93. The zero-order valence-electron chi connectivity index (χ0n) is 20.1. The molecule has 3 aliphatic heterocycles. The highest BCUT2D eigenvalue weighted by molar-refractivity contribution is 8.27. The summed E-state index contributed by atoms with van der Waals surface area (Å²) in [5.41, 5.74) is 4.59. The molecule has 1 fully saturated rings. The van der Waals surface area contributed by atoms with Crippen LogP contribution in [0.1, 0.15) is 38.7 Å². The zero-order chi connectivity index (χ0) is 24.6. The summed E-state index contributed by atoms with van der Waals surface area (Å²) in [5.74, 6) is -0.272. The van der Waals surface area contributed by atoms with Crippen molar-refractivity contribution in [3.05, 3.63) is 58.5 Å². The fourth-order valence-corrected chi connectivity index (χ4v) is 5.73. The number of likely N-dealkylation sites (tertiary alicyclic amines) is 1. The molecule has 10 nitrogen and oxygen atoms in total. The van der Waals surface area contributed by atoms with Crippen molar-refractivity contribution in [3.63, 3.8) is 0 Å². The normalized spacial score (nSPS) is 27.6. The molecule has 11 heteroatoms. The first kappa shape index (κ1) is 23.6. The predicted octanol–water partition coefficient (Wildman–Crippen LogP) is 3.01. The number of carbonyl (C=O) groups is 1. The molecule has 1 aromatic carbocycles. The van der Waals surface area contributed by atoms with Crippen molar-refractivity contribution in [1.29, 1.82) is 0 Å². The van der Waals surface area contributed by atoms with Gasteiger partial charge in [-0.05, 0) is 63.2 Å². The number of thioether (sulfide) groups is 1. The van der Waals surface area contributed by atoms with Crippen molar-refractivity contribution in [3.8, 4) is 0 Å². The maximum atomic E-state index is 13.0. The van der Waals surface area contributed by atoms with E-state index in [2.05, 4.69) is 32.8 Å². The summed E-state index contributed by atoms with van der Waals surface area (Å²) in [6.45, 7) is 5.94. The van der Waals surface area contributed by atoms with Crippen LogP contribution < -0.4 is 10.7 Å². The molecule has 2 N–H and O–H groups in total. The highest BCUT2D eigenvalue weighted by atomic mass is 32.2. The Morgan fingerprint density at radius 3 is 2.74 bits per heavy atom. The smallest absolute Gasteiger partial charge is 0.297 e. The van der Waals surface area contributed by atoms with E-state index in [1.165, 1.54) is 18.9 Å². The van der Waals surface area contributed by atoms with Crippen molar-refractivity contribution >= 4 is 33.6 Å². The summed E-state index contributed by atoms with van der Waals surface area (Å²) in [5, 5.41) is 15.6. The van der Waals surface area contributed by atoms with E-state index in [1.807, 2.05) is 42.3 Å². The van der Waals surface area contributed by atoms with Crippen LogP contribution in [0.5, 0.6) is 0 Å². The lowest BCUT2D eigenvalue weighted by atomic mass is 9.84. The van der Waals surface area contributed by atoms with E-state index < -0.39 is 11.6 Å². The number of nitrogens with one attached hydrogen (secondary N) is 2. The van der Waals surface area contributed by atoms with Crippen molar-refractivity contribution < 1.29 is 14.6 Å². The van der Waals surface area contributed by atoms with Gasteiger partial charge in [-0.25, -0.2) is 9.85 Å². The second-order valence-electron chi connectivity index (χ2n) is 9.12. The van der Waals surface area contributed by atoms with E-state index in [0.29, 0.717) is 16.2 Å². The molecule has 3 heterocycles. The van der Waals surface area contributed by atoms with Crippen LogP contribution in [0.3, 0.4) is 0 Å². The van der Waals surface area contributed by atoms with Gasteiger partial charge in [-0.1, -0.05) is 31.2 Å². The summed E-state index contributed by atoms with van der Waals surface area (Å²) in [6.07, 6.45) is 8.64. The Morgan fingerprint density at radius 2 is 2.06 bits per heavy atom. The SMILES string of the molecule is CCC1NN=C2SC(c3ccc(NC(=O)C4=CC([N+](=O)OC)C(C)(N5CCCC5)C=C4)cc3)=NN21. The van der Waals surface area contributed by atoms with E-state index in [4.69, 9.17) is 4.84 Å². The maximum Gasteiger partial charge on any atom is 0.297 e. The molecule has 3 unspecified atom stereocenters. The number of hydrogen-bond acceptors (Lipinski definition) is 9. The van der Waals surface area contributed by atoms with E-state index in [-0.39, 0.29) is 12.1 Å². The molecule has 1 aromatic rings. The van der Waals surface area contributed by atoms with E-state index in [0.717, 1.165) is 48.1 Å². The number of amides is 1. The number of hydrogen-bond donors (Lipinski definition) is 2. The number of benzene rings is 1. The van der Waals surface area contributed by atoms with Gasteiger partial charge in [0.05, 0.1) is 4.91 Å². The van der Waals surface area contributed by atoms with Crippen LogP contribution >= 0.6 is 11.8 Å². The lowest BCUT2D eigenvalue weighted by Gasteiger charge is -2.37. The average molecular weight is 497 g/mol. The van der Waals surface area contributed by atoms with Gasteiger partial charge in [0.25, 0.3) is 11.9 Å². The third-order valence-electron chi connectivity index (χ3n) is 6.96. The largest absolute Gasteiger partial charge is 0.322 e. The van der Waals surface area contributed by atoms with Crippen LogP contribution in [0, 0.1) is 4.91 Å². The van der Waals surface area contributed by atoms with Gasteiger partial charge in [-0.3, -0.25) is 15.1 Å². The minimum Gasteiger partial charge on any atom is -0.322 e. The number of rotatable bonds is 7. The molecule has 3 atom stereocenters. The Bertz CT molecular complexity index is 1140. The quantitative estimate of drug-likeness (QED) is 0.560. The summed E-state index contributed by atoms with van der Waals surface area (Å²) in [7, 11) is 1.35. The molecule has 184 valence electrons. The third kappa shape index (κ3) is 4.34. The Balaban J connectivity index is 1.28. The fraction of sp³-hybridized carbons (Fsp3) is 0.458. The van der Waals surface area contributed by atoms with E-state index in [1.54, 1.807) is 12.2 Å². The van der Waals surface area contributed by atoms with Gasteiger partial charge in [-0.15, -0.1) is 0 Å². The molecule has 0 bridgehead atoms. The van der Waals surface area contributed by atoms with Gasteiger partial charge in [0, 0.05) is 22.9 Å². The highest BCUT2D eigenvalue weighted by Crippen LogP contribution is 2.33. The molecule has 1 aliphatic carbocycles. The molecule has 1 saturated heterocycles. The Morgan fingerprint density at radius 1 is 1.31 bits per heavy atom.